The fourth-order valence-corrected chi connectivity index (χ4v) is 0.683. The molecule has 0 spiro atoms. The summed E-state index contributed by atoms with van der Waals surface area (Å²) < 4.78 is 0. The van der Waals surface area contributed by atoms with Gasteiger partial charge in [0.15, 0.2) is 0 Å². The molecule has 0 aliphatic rings. The van der Waals surface area contributed by atoms with Crippen LogP contribution in [0.3, 0.4) is 0 Å². The first-order chi connectivity index (χ1) is 5.41. The Labute approximate surface area is 66.6 Å². The lowest BCUT2D eigenvalue weighted by Crippen LogP contribution is -1.84. The molecule has 3 heteroatoms. The molecule has 0 aliphatic carbocycles. The van der Waals surface area contributed by atoms with Crippen LogP contribution >= 0.6 is 0 Å². The van der Waals surface area contributed by atoms with Crippen molar-refractivity contribution in [3.05, 3.63) is 6.58 Å². The van der Waals surface area contributed by atoms with Crippen LogP contribution in [0.25, 0.3) is 0 Å². The topological polar surface area (TPSA) is 41.8 Å². The zero-order chi connectivity index (χ0) is 8.36. The zero-order valence-electron chi connectivity index (χ0n) is 6.55. The highest BCUT2D eigenvalue weighted by molar-refractivity contribution is 5.46. The third-order valence-electron chi connectivity index (χ3n) is 1.22. The van der Waals surface area contributed by atoms with Crippen molar-refractivity contribution in [2.24, 2.45) is 9.98 Å². The third-order valence-corrected chi connectivity index (χ3v) is 1.22. The fraction of sp³-hybridized carbons (Fsp3) is 0.625. The monoisotopic (exact) mass is 152 g/mol. The molecule has 0 radical (unpaired) electrons. The van der Waals surface area contributed by atoms with E-state index in [1.807, 2.05) is 0 Å². The van der Waals surface area contributed by atoms with Gasteiger partial charge in [-0.15, -0.1) is 0 Å². The maximum Gasteiger partial charge on any atom is 0.234 e. The minimum atomic E-state index is 0.585. The predicted molar refractivity (Wildman–Crippen MR) is 44.8 cm³/mol. The molecule has 11 heavy (non-hydrogen) atoms. The summed E-state index contributed by atoms with van der Waals surface area (Å²) >= 11 is 0. The molecule has 0 rings (SSSR count). The lowest BCUT2D eigenvalue weighted by atomic mass is 10.2. The van der Waals surface area contributed by atoms with Gasteiger partial charge >= 0.3 is 0 Å². The second-order valence-electron chi connectivity index (χ2n) is 2.07. The van der Waals surface area contributed by atoms with Crippen LogP contribution in [-0.4, -0.2) is 25.0 Å². The van der Waals surface area contributed by atoms with Gasteiger partial charge in [0.05, 0.1) is 6.54 Å². The van der Waals surface area contributed by atoms with E-state index in [-0.39, 0.29) is 0 Å². The highest BCUT2D eigenvalue weighted by atomic mass is 16.1. The number of carbonyl (C=O) groups excluding carboxylic acids is 1. The molecule has 0 aliphatic heterocycles. The maximum absolute atomic E-state index is 9.61. The van der Waals surface area contributed by atoms with Crippen LogP contribution in [0, 0.1) is 0 Å². The first-order valence-electron chi connectivity index (χ1n) is 3.64. The molecule has 0 atom stereocenters. The summed E-state index contributed by atoms with van der Waals surface area (Å²) in [7, 11) is 0. The predicted octanol–water partition coefficient (Wildman–Crippen LogP) is 1.35. The van der Waals surface area contributed by atoms with Crippen molar-refractivity contribution in [3.63, 3.8) is 0 Å². The van der Waals surface area contributed by atoms with Gasteiger partial charge in [0, 0.05) is 6.54 Å². The molecule has 0 aromatic heterocycles. The summed E-state index contributed by atoms with van der Waals surface area (Å²) in [6.07, 6.45) is 4.48. The number of hydrogen-bond acceptors (Lipinski definition) is 3. The van der Waals surface area contributed by atoms with E-state index in [9.17, 15) is 4.79 Å². The number of aliphatic imine (C=N–C) groups is 2. The molecule has 0 aromatic carbocycles. The summed E-state index contributed by atoms with van der Waals surface area (Å²) in [6.45, 7) is 4.70. The number of isocyanates is 1. The highest BCUT2D eigenvalue weighted by Crippen LogP contribution is 1.94. The van der Waals surface area contributed by atoms with E-state index in [0.717, 1.165) is 25.8 Å². The SMILES string of the molecule is C=C=NCCCCCN=C=O. The van der Waals surface area contributed by atoms with Gasteiger partial charge in [0.1, 0.15) is 0 Å². The molecule has 0 unspecified atom stereocenters. The van der Waals surface area contributed by atoms with E-state index in [1.165, 1.54) is 6.08 Å². The van der Waals surface area contributed by atoms with Gasteiger partial charge in [0.2, 0.25) is 6.08 Å². The smallest absolute Gasteiger partial charge is 0.234 e. The molecule has 3 nitrogen and oxygen atoms in total. The van der Waals surface area contributed by atoms with Crippen LogP contribution in [0.15, 0.2) is 16.6 Å². The highest BCUT2D eigenvalue weighted by Gasteiger charge is 1.85. The molecule has 0 fully saturated rings. The molecule has 0 bridgehead atoms. The van der Waals surface area contributed by atoms with E-state index in [2.05, 4.69) is 22.4 Å². The summed E-state index contributed by atoms with van der Waals surface area (Å²) in [6, 6.07) is 0. The molecule has 60 valence electrons. The molecule has 0 amide bonds. The summed E-state index contributed by atoms with van der Waals surface area (Å²) in [5, 5.41) is 0. The number of hydrogen-bond donors (Lipinski definition) is 0. The van der Waals surface area contributed by atoms with E-state index in [4.69, 9.17) is 0 Å². The number of nitrogens with zero attached hydrogens (tertiary/aromatic N) is 2. The summed E-state index contributed by atoms with van der Waals surface area (Å²) in [4.78, 5) is 16.9. The van der Waals surface area contributed by atoms with Crippen LogP contribution in [0.4, 0.5) is 0 Å². The van der Waals surface area contributed by atoms with Crippen molar-refractivity contribution < 1.29 is 4.79 Å². The number of unbranched alkanes of at least 4 members (excludes halogenated alkanes) is 2. The average Bonchev–Trinajstić information content (AvgIpc) is 2.03. The first-order valence-corrected chi connectivity index (χ1v) is 3.64. The summed E-state index contributed by atoms with van der Waals surface area (Å²) in [5.74, 6) is 2.46. The second-order valence-corrected chi connectivity index (χ2v) is 2.07. The molecule has 0 saturated heterocycles. The molecular weight excluding hydrogens is 140 g/mol. The van der Waals surface area contributed by atoms with Crippen molar-refractivity contribution in [1.82, 2.24) is 0 Å². The van der Waals surface area contributed by atoms with Gasteiger partial charge in [-0.25, -0.2) is 14.8 Å². The van der Waals surface area contributed by atoms with Gasteiger partial charge in [-0.2, -0.15) is 0 Å². The van der Waals surface area contributed by atoms with E-state index >= 15 is 0 Å². The lowest BCUT2D eigenvalue weighted by molar-refractivity contribution is 0.561. The minimum Gasteiger partial charge on any atom is -0.244 e. The maximum atomic E-state index is 9.61. The van der Waals surface area contributed by atoms with Crippen LogP contribution in [0.2, 0.25) is 0 Å². The van der Waals surface area contributed by atoms with Crippen LogP contribution in [-0.2, 0) is 4.79 Å². The van der Waals surface area contributed by atoms with Crippen molar-refractivity contribution in [1.29, 1.82) is 0 Å². The van der Waals surface area contributed by atoms with Gasteiger partial charge in [-0.1, -0.05) is 0 Å². The second kappa shape index (κ2) is 8.83. The Morgan fingerprint density at radius 1 is 1.09 bits per heavy atom. The Balaban J connectivity index is 3.02. The van der Waals surface area contributed by atoms with Crippen molar-refractivity contribution in [2.45, 2.75) is 19.3 Å². The largest absolute Gasteiger partial charge is 0.244 e. The number of rotatable bonds is 6. The van der Waals surface area contributed by atoms with Gasteiger partial charge in [-0.3, -0.25) is 0 Å². The van der Waals surface area contributed by atoms with Crippen LogP contribution in [0.1, 0.15) is 19.3 Å². The van der Waals surface area contributed by atoms with Crippen LogP contribution in [0.5, 0.6) is 0 Å². The minimum absolute atomic E-state index is 0.585. The van der Waals surface area contributed by atoms with E-state index in [0.29, 0.717) is 6.54 Å². The Morgan fingerprint density at radius 3 is 2.27 bits per heavy atom. The first kappa shape index (κ1) is 9.83. The normalized spacial score (nSPS) is 8.00. The van der Waals surface area contributed by atoms with Crippen molar-refractivity contribution in [3.8, 4) is 0 Å². The van der Waals surface area contributed by atoms with Crippen LogP contribution < -0.4 is 0 Å². The van der Waals surface area contributed by atoms with E-state index < -0.39 is 0 Å². The van der Waals surface area contributed by atoms with Gasteiger partial charge < -0.3 is 0 Å². The Hall–Kier alpha value is -1.17. The van der Waals surface area contributed by atoms with Gasteiger partial charge in [0.25, 0.3) is 0 Å². The Kier molecular flexibility index (Phi) is 7.89. The van der Waals surface area contributed by atoms with E-state index in [1.54, 1.807) is 0 Å². The molecule has 0 N–H and O–H groups in total. The molecule has 0 saturated carbocycles. The Bertz CT molecular complexity index is 157. The van der Waals surface area contributed by atoms with Crippen molar-refractivity contribution in [2.75, 3.05) is 13.1 Å². The quantitative estimate of drug-likeness (QED) is 0.322. The standard InChI is InChI=1S/C8H12N2O/c1-2-9-6-4-3-5-7-10-8-11/h1,3-7H2. The Morgan fingerprint density at radius 2 is 1.73 bits per heavy atom. The average molecular weight is 152 g/mol. The lowest BCUT2D eigenvalue weighted by Gasteiger charge is -1.91. The molecule has 0 aromatic rings. The summed E-state index contributed by atoms with van der Waals surface area (Å²) in [5.41, 5.74) is 0. The van der Waals surface area contributed by atoms with Crippen molar-refractivity contribution >= 4 is 11.9 Å². The molecular formula is C8H12N2O. The molecule has 0 heterocycles. The van der Waals surface area contributed by atoms with Gasteiger partial charge in [-0.05, 0) is 31.7 Å². The zero-order valence-corrected chi connectivity index (χ0v) is 6.55. The fourth-order valence-electron chi connectivity index (χ4n) is 0.683. The third kappa shape index (κ3) is 8.83.